The van der Waals surface area contributed by atoms with E-state index in [1.54, 1.807) is 0 Å². The van der Waals surface area contributed by atoms with E-state index in [0.717, 1.165) is 62.5 Å². The molecule has 0 N–H and O–H groups in total. The Kier molecular flexibility index (Phi) is 14.0. The molecule has 4 heteroatoms. The van der Waals surface area contributed by atoms with Crippen molar-refractivity contribution >= 4 is 11.9 Å². The summed E-state index contributed by atoms with van der Waals surface area (Å²) in [6.07, 6.45) is 8.42. The van der Waals surface area contributed by atoms with Gasteiger partial charge in [-0.25, -0.2) is 0 Å². The third-order valence-corrected chi connectivity index (χ3v) is 3.60. The SMILES string of the molecule is C=C(C)CCOC(=O)CCCCCCCCC(=O)OCCC(=C)C. The van der Waals surface area contributed by atoms with Gasteiger partial charge in [-0.1, -0.05) is 36.8 Å². The zero-order valence-electron chi connectivity index (χ0n) is 15.5. The first-order valence-electron chi connectivity index (χ1n) is 9.02. The highest BCUT2D eigenvalue weighted by Gasteiger charge is 2.04. The van der Waals surface area contributed by atoms with Crippen molar-refractivity contribution in [2.45, 2.75) is 78.1 Å². The van der Waals surface area contributed by atoms with Crippen LogP contribution in [0.15, 0.2) is 24.3 Å². The lowest BCUT2D eigenvalue weighted by atomic mass is 10.1. The van der Waals surface area contributed by atoms with Gasteiger partial charge in [0.25, 0.3) is 0 Å². The van der Waals surface area contributed by atoms with Gasteiger partial charge < -0.3 is 9.47 Å². The van der Waals surface area contributed by atoms with Crippen molar-refractivity contribution in [3.05, 3.63) is 24.3 Å². The molecule has 0 rings (SSSR count). The Bertz CT molecular complexity index is 360. The summed E-state index contributed by atoms with van der Waals surface area (Å²) in [5, 5.41) is 0. The fraction of sp³-hybridized carbons (Fsp3) is 0.700. The van der Waals surface area contributed by atoms with E-state index in [9.17, 15) is 9.59 Å². The summed E-state index contributed by atoms with van der Waals surface area (Å²) < 4.78 is 10.2. The number of rotatable bonds is 15. The predicted octanol–water partition coefficient (Wildman–Crippen LogP) is 5.13. The Labute approximate surface area is 147 Å². The van der Waals surface area contributed by atoms with E-state index in [2.05, 4.69) is 13.2 Å². The van der Waals surface area contributed by atoms with Crippen molar-refractivity contribution in [3.8, 4) is 0 Å². The molecule has 24 heavy (non-hydrogen) atoms. The van der Waals surface area contributed by atoms with Crippen LogP contribution in [-0.2, 0) is 19.1 Å². The number of carbonyl (C=O) groups is 2. The molecule has 0 fully saturated rings. The fourth-order valence-electron chi connectivity index (χ4n) is 2.07. The lowest BCUT2D eigenvalue weighted by Gasteiger charge is -2.05. The molecule has 0 atom stereocenters. The largest absolute Gasteiger partial charge is 0.465 e. The van der Waals surface area contributed by atoms with Gasteiger partial charge in [0.1, 0.15) is 0 Å². The van der Waals surface area contributed by atoms with Crippen LogP contribution < -0.4 is 0 Å². The Hall–Kier alpha value is -1.58. The highest BCUT2D eigenvalue weighted by Crippen LogP contribution is 2.10. The van der Waals surface area contributed by atoms with E-state index in [0.29, 0.717) is 26.1 Å². The van der Waals surface area contributed by atoms with Crippen LogP contribution >= 0.6 is 0 Å². The van der Waals surface area contributed by atoms with E-state index >= 15 is 0 Å². The van der Waals surface area contributed by atoms with Crippen LogP contribution in [0, 0.1) is 0 Å². The summed E-state index contributed by atoms with van der Waals surface area (Å²) in [5.41, 5.74) is 2.06. The summed E-state index contributed by atoms with van der Waals surface area (Å²) in [6.45, 7) is 12.3. The summed E-state index contributed by atoms with van der Waals surface area (Å²) in [7, 11) is 0. The summed E-state index contributed by atoms with van der Waals surface area (Å²) >= 11 is 0. The molecular weight excluding hydrogens is 304 g/mol. The molecule has 0 aliphatic heterocycles. The van der Waals surface area contributed by atoms with Crippen molar-refractivity contribution in [1.82, 2.24) is 0 Å². The lowest BCUT2D eigenvalue weighted by Crippen LogP contribution is -2.06. The first-order valence-corrected chi connectivity index (χ1v) is 9.02. The number of ether oxygens (including phenoxy) is 2. The molecule has 0 bridgehead atoms. The van der Waals surface area contributed by atoms with E-state index in [4.69, 9.17) is 9.47 Å². The van der Waals surface area contributed by atoms with Crippen molar-refractivity contribution in [2.75, 3.05) is 13.2 Å². The molecule has 0 aromatic carbocycles. The van der Waals surface area contributed by atoms with Gasteiger partial charge in [-0.2, -0.15) is 0 Å². The average molecular weight is 338 g/mol. The van der Waals surface area contributed by atoms with Crippen molar-refractivity contribution in [3.63, 3.8) is 0 Å². The molecule has 0 aromatic rings. The Morgan fingerprint density at radius 2 is 0.958 bits per heavy atom. The normalized spacial score (nSPS) is 10.2. The maximum absolute atomic E-state index is 11.5. The van der Waals surface area contributed by atoms with Gasteiger partial charge in [-0.05, 0) is 26.7 Å². The third kappa shape index (κ3) is 16.8. The number of carbonyl (C=O) groups excluding carboxylic acids is 2. The van der Waals surface area contributed by atoms with Crippen molar-refractivity contribution < 1.29 is 19.1 Å². The van der Waals surface area contributed by atoms with Gasteiger partial charge in [0.2, 0.25) is 0 Å². The topological polar surface area (TPSA) is 52.6 Å². The molecule has 0 aromatic heterocycles. The Morgan fingerprint density at radius 1 is 0.625 bits per heavy atom. The predicted molar refractivity (Wildman–Crippen MR) is 97.7 cm³/mol. The summed E-state index contributed by atoms with van der Waals surface area (Å²) in [5.74, 6) is -0.234. The number of hydrogen-bond donors (Lipinski definition) is 0. The van der Waals surface area contributed by atoms with Gasteiger partial charge in [0, 0.05) is 25.7 Å². The third-order valence-electron chi connectivity index (χ3n) is 3.60. The van der Waals surface area contributed by atoms with Crippen LogP contribution in [-0.4, -0.2) is 25.2 Å². The second kappa shape index (κ2) is 15.0. The molecule has 0 saturated carbocycles. The van der Waals surface area contributed by atoms with Crippen LogP contribution in [0.4, 0.5) is 0 Å². The average Bonchev–Trinajstić information content (AvgIpc) is 2.49. The highest BCUT2D eigenvalue weighted by atomic mass is 16.5. The van der Waals surface area contributed by atoms with E-state index in [-0.39, 0.29) is 11.9 Å². The molecule has 0 aliphatic carbocycles. The second-order valence-corrected chi connectivity index (χ2v) is 6.48. The first kappa shape index (κ1) is 22.4. The van der Waals surface area contributed by atoms with Gasteiger partial charge >= 0.3 is 11.9 Å². The monoisotopic (exact) mass is 338 g/mol. The van der Waals surface area contributed by atoms with Crippen LogP contribution in [0.3, 0.4) is 0 Å². The molecule has 0 spiro atoms. The molecule has 0 aliphatic rings. The zero-order valence-corrected chi connectivity index (χ0v) is 15.5. The van der Waals surface area contributed by atoms with Gasteiger partial charge in [0.15, 0.2) is 0 Å². The van der Waals surface area contributed by atoms with Crippen LogP contribution in [0.5, 0.6) is 0 Å². The molecule has 0 heterocycles. The summed E-state index contributed by atoms with van der Waals surface area (Å²) in [6, 6.07) is 0. The smallest absolute Gasteiger partial charge is 0.305 e. The van der Waals surface area contributed by atoms with Gasteiger partial charge in [0.05, 0.1) is 13.2 Å². The van der Waals surface area contributed by atoms with Crippen molar-refractivity contribution in [2.24, 2.45) is 0 Å². The molecule has 4 nitrogen and oxygen atoms in total. The Morgan fingerprint density at radius 3 is 1.29 bits per heavy atom. The second-order valence-electron chi connectivity index (χ2n) is 6.48. The molecule has 138 valence electrons. The highest BCUT2D eigenvalue weighted by molar-refractivity contribution is 5.69. The maximum Gasteiger partial charge on any atom is 0.305 e. The number of hydrogen-bond acceptors (Lipinski definition) is 4. The van der Waals surface area contributed by atoms with E-state index < -0.39 is 0 Å². The van der Waals surface area contributed by atoms with E-state index in [1.807, 2.05) is 13.8 Å². The molecule has 0 amide bonds. The number of unbranched alkanes of at least 4 members (excludes halogenated alkanes) is 5. The van der Waals surface area contributed by atoms with Gasteiger partial charge in [-0.15, -0.1) is 13.2 Å². The number of esters is 2. The molecule has 0 radical (unpaired) electrons. The molecule has 0 saturated heterocycles. The summed E-state index contributed by atoms with van der Waals surface area (Å²) in [4.78, 5) is 22.9. The maximum atomic E-state index is 11.5. The first-order chi connectivity index (χ1) is 11.4. The zero-order chi connectivity index (χ0) is 18.2. The van der Waals surface area contributed by atoms with Crippen LogP contribution in [0.2, 0.25) is 0 Å². The van der Waals surface area contributed by atoms with E-state index in [1.165, 1.54) is 0 Å². The molecule has 0 unspecified atom stereocenters. The van der Waals surface area contributed by atoms with Crippen LogP contribution in [0.25, 0.3) is 0 Å². The minimum absolute atomic E-state index is 0.117. The quantitative estimate of drug-likeness (QED) is 0.236. The van der Waals surface area contributed by atoms with Crippen molar-refractivity contribution in [1.29, 1.82) is 0 Å². The lowest BCUT2D eigenvalue weighted by molar-refractivity contribution is -0.144. The van der Waals surface area contributed by atoms with Gasteiger partial charge in [-0.3, -0.25) is 9.59 Å². The molecular formula is C20H34O4. The minimum atomic E-state index is -0.117. The minimum Gasteiger partial charge on any atom is -0.465 e. The fourth-order valence-corrected chi connectivity index (χ4v) is 2.07. The van der Waals surface area contributed by atoms with Crippen LogP contribution in [0.1, 0.15) is 78.1 Å². The Balaban J connectivity index is 3.32. The standard InChI is InChI=1S/C20H34O4/c1-17(2)13-15-23-19(21)11-9-7-5-6-8-10-12-20(22)24-16-14-18(3)4/h1,3,5-16H2,2,4H3.